The van der Waals surface area contributed by atoms with Crippen LogP contribution in [0.5, 0.6) is 5.75 Å². The average Bonchev–Trinajstić information content (AvgIpc) is 2.83. The van der Waals surface area contributed by atoms with Gasteiger partial charge in [-0.3, -0.25) is 5.43 Å². The topological polar surface area (TPSA) is 57.5 Å². The molecule has 0 radical (unpaired) electrons. The van der Waals surface area contributed by atoms with Gasteiger partial charge in [-0.1, -0.05) is 29.5 Å². The van der Waals surface area contributed by atoms with Crippen molar-refractivity contribution in [1.29, 1.82) is 0 Å². The van der Waals surface area contributed by atoms with E-state index in [0.717, 1.165) is 15.3 Å². The zero-order valence-corrected chi connectivity index (χ0v) is 11.7. The third kappa shape index (κ3) is 2.62. The summed E-state index contributed by atoms with van der Waals surface area (Å²) in [7, 11) is 0. The Morgan fingerprint density at radius 3 is 2.95 bits per heavy atom. The Kier molecular flexibility index (Phi) is 3.35. The van der Waals surface area contributed by atoms with Crippen molar-refractivity contribution in [3.05, 3.63) is 53.6 Å². The Morgan fingerprint density at radius 2 is 2.10 bits per heavy atom. The minimum absolute atomic E-state index is 0.206. The number of nitrogens with one attached hydrogen (secondary N) is 1. The summed E-state index contributed by atoms with van der Waals surface area (Å²) < 4.78 is 1.13. The number of hydrogen-bond acceptors (Lipinski definition) is 5. The van der Waals surface area contributed by atoms with Crippen LogP contribution in [0.3, 0.4) is 0 Å². The number of phenols is 1. The maximum Gasteiger partial charge on any atom is 0.204 e. The van der Waals surface area contributed by atoms with Crippen molar-refractivity contribution in [2.24, 2.45) is 5.10 Å². The van der Waals surface area contributed by atoms with Crippen LogP contribution in [0.2, 0.25) is 0 Å². The van der Waals surface area contributed by atoms with Gasteiger partial charge in [0, 0.05) is 5.56 Å². The summed E-state index contributed by atoms with van der Waals surface area (Å²) >= 11 is 1.55. The molecule has 0 fully saturated rings. The van der Waals surface area contributed by atoms with Gasteiger partial charge in [0.1, 0.15) is 5.75 Å². The van der Waals surface area contributed by atoms with Gasteiger partial charge in [0.2, 0.25) is 5.13 Å². The molecule has 0 unspecified atom stereocenters. The standard InChI is InChI=1S/C15H13N3OS/c1-10-6-7-12-14(8-10)20-15(17-12)18-16-9-11-4-2-3-5-13(11)19/h2-9,19H,1H3,(H,17,18)/b16-9-. The lowest BCUT2D eigenvalue weighted by atomic mass is 10.2. The van der Waals surface area contributed by atoms with E-state index in [2.05, 4.69) is 28.5 Å². The molecule has 1 aromatic heterocycles. The van der Waals surface area contributed by atoms with Crippen molar-refractivity contribution in [1.82, 2.24) is 4.98 Å². The van der Waals surface area contributed by atoms with Crippen molar-refractivity contribution >= 4 is 32.9 Å². The number of hydrogen-bond donors (Lipinski definition) is 2. The van der Waals surface area contributed by atoms with Crippen LogP contribution in [-0.2, 0) is 0 Å². The number of fused-ring (bicyclic) bond motifs is 1. The van der Waals surface area contributed by atoms with E-state index in [9.17, 15) is 5.11 Å². The first-order valence-corrected chi connectivity index (χ1v) is 6.98. The smallest absolute Gasteiger partial charge is 0.204 e. The van der Waals surface area contributed by atoms with Gasteiger partial charge in [-0.25, -0.2) is 4.98 Å². The van der Waals surface area contributed by atoms with E-state index < -0.39 is 0 Å². The second-order valence-electron chi connectivity index (χ2n) is 4.42. The second-order valence-corrected chi connectivity index (χ2v) is 5.45. The van der Waals surface area contributed by atoms with Crippen LogP contribution in [0.4, 0.5) is 5.13 Å². The summed E-state index contributed by atoms with van der Waals surface area (Å²) in [5.74, 6) is 0.206. The molecule has 0 saturated carbocycles. The maximum atomic E-state index is 9.62. The molecule has 0 bridgehead atoms. The van der Waals surface area contributed by atoms with Gasteiger partial charge >= 0.3 is 0 Å². The number of nitrogens with zero attached hydrogens (tertiary/aromatic N) is 2. The Bertz CT molecular complexity index is 780. The fourth-order valence-electron chi connectivity index (χ4n) is 1.83. The van der Waals surface area contributed by atoms with Gasteiger partial charge < -0.3 is 5.11 Å². The second kappa shape index (κ2) is 5.30. The van der Waals surface area contributed by atoms with Gasteiger partial charge in [-0.2, -0.15) is 5.10 Å². The van der Waals surface area contributed by atoms with Gasteiger partial charge in [0.05, 0.1) is 16.4 Å². The lowest BCUT2D eigenvalue weighted by Gasteiger charge is -1.96. The highest BCUT2D eigenvalue weighted by Crippen LogP contribution is 2.26. The first-order chi connectivity index (χ1) is 9.72. The Hall–Kier alpha value is -2.40. The van der Waals surface area contributed by atoms with Gasteiger partial charge in [0.15, 0.2) is 0 Å². The molecule has 0 aliphatic carbocycles. The molecule has 3 rings (SSSR count). The first kappa shape index (κ1) is 12.6. The Morgan fingerprint density at radius 1 is 1.25 bits per heavy atom. The third-order valence-corrected chi connectivity index (χ3v) is 3.77. The minimum Gasteiger partial charge on any atom is -0.507 e. The number of benzene rings is 2. The van der Waals surface area contributed by atoms with Crippen molar-refractivity contribution in [3.63, 3.8) is 0 Å². The number of thiazole rings is 1. The van der Waals surface area contributed by atoms with Crippen LogP contribution in [0.25, 0.3) is 10.2 Å². The predicted octanol–water partition coefficient (Wildman–Crippen LogP) is 3.76. The fourth-order valence-corrected chi connectivity index (χ4v) is 2.75. The summed E-state index contributed by atoms with van der Waals surface area (Å²) in [6.07, 6.45) is 1.58. The van der Waals surface area contributed by atoms with Crippen LogP contribution in [0.15, 0.2) is 47.6 Å². The molecular weight excluding hydrogens is 270 g/mol. The number of rotatable bonds is 3. The summed E-state index contributed by atoms with van der Waals surface area (Å²) in [5.41, 5.74) is 5.73. The molecule has 0 saturated heterocycles. The van der Waals surface area contributed by atoms with E-state index >= 15 is 0 Å². The molecule has 100 valence electrons. The SMILES string of the molecule is Cc1ccc2nc(N/N=C\c3ccccc3O)sc2c1. The zero-order chi connectivity index (χ0) is 13.9. The number of para-hydroxylation sites is 1. The van der Waals surface area contributed by atoms with E-state index in [0.29, 0.717) is 5.56 Å². The van der Waals surface area contributed by atoms with Crippen molar-refractivity contribution in [2.75, 3.05) is 5.43 Å². The molecular formula is C15H13N3OS. The summed E-state index contributed by atoms with van der Waals surface area (Å²) in [4.78, 5) is 4.44. The minimum atomic E-state index is 0.206. The zero-order valence-electron chi connectivity index (χ0n) is 10.9. The summed E-state index contributed by atoms with van der Waals surface area (Å²) in [5, 5.41) is 14.5. The molecule has 0 spiro atoms. The van der Waals surface area contributed by atoms with E-state index in [1.807, 2.05) is 18.2 Å². The lowest BCUT2D eigenvalue weighted by Crippen LogP contribution is -1.89. The number of anilines is 1. The molecule has 2 N–H and O–H groups in total. The molecule has 20 heavy (non-hydrogen) atoms. The molecule has 4 nitrogen and oxygen atoms in total. The van der Waals surface area contributed by atoms with Gasteiger partial charge in [0.25, 0.3) is 0 Å². The van der Waals surface area contributed by atoms with Crippen LogP contribution in [0, 0.1) is 6.92 Å². The van der Waals surface area contributed by atoms with Gasteiger partial charge in [-0.05, 0) is 36.8 Å². The first-order valence-electron chi connectivity index (χ1n) is 6.16. The number of phenolic OH excluding ortho intramolecular Hbond substituents is 1. The highest BCUT2D eigenvalue weighted by Gasteiger charge is 2.02. The Labute approximate surface area is 120 Å². The molecule has 0 amide bonds. The van der Waals surface area contributed by atoms with E-state index in [4.69, 9.17) is 0 Å². The van der Waals surface area contributed by atoms with Crippen LogP contribution < -0.4 is 5.43 Å². The number of aromatic hydroxyl groups is 1. The van der Waals surface area contributed by atoms with E-state index in [1.54, 1.807) is 35.8 Å². The van der Waals surface area contributed by atoms with E-state index in [-0.39, 0.29) is 5.75 Å². The van der Waals surface area contributed by atoms with Crippen molar-refractivity contribution in [2.45, 2.75) is 6.92 Å². The quantitative estimate of drug-likeness (QED) is 0.568. The van der Waals surface area contributed by atoms with Crippen molar-refractivity contribution < 1.29 is 5.11 Å². The van der Waals surface area contributed by atoms with Crippen LogP contribution in [-0.4, -0.2) is 16.3 Å². The van der Waals surface area contributed by atoms with Crippen molar-refractivity contribution in [3.8, 4) is 5.75 Å². The summed E-state index contributed by atoms with van der Waals surface area (Å²) in [6, 6.07) is 13.2. The molecule has 3 aromatic rings. The molecule has 0 aliphatic heterocycles. The largest absolute Gasteiger partial charge is 0.507 e. The molecule has 0 atom stereocenters. The molecule has 0 aliphatic rings. The third-order valence-electron chi connectivity index (χ3n) is 2.84. The monoisotopic (exact) mass is 283 g/mol. The molecule has 5 heteroatoms. The Balaban J connectivity index is 1.78. The maximum absolute atomic E-state index is 9.62. The summed E-state index contributed by atoms with van der Waals surface area (Å²) in [6.45, 7) is 2.06. The predicted molar refractivity (Wildman–Crippen MR) is 83.7 cm³/mol. The van der Waals surface area contributed by atoms with E-state index in [1.165, 1.54) is 5.56 Å². The molecule has 2 aromatic carbocycles. The van der Waals surface area contributed by atoms with Crippen LogP contribution in [0.1, 0.15) is 11.1 Å². The van der Waals surface area contributed by atoms with Crippen LogP contribution >= 0.6 is 11.3 Å². The number of aryl methyl sites for hydroxylation is 1. The fraction of sp³-hybridized carbons (Fsp3) is 0.0667. The number of aromatic nitrogens is 1. The highest BCUT2D eigenvalue weighted by atomic mass is 32.1. The average molecular weight is 283 g/mol. The normalized spacial score (nSPS) is 11.2. The lowest BCUT2D eigenvalue weighted by molar-refractivity contribution is 0.474. The van der Waals surface area contributed by atoms with Gasteiger partial charge in [-0.15, -0.1) is 0 Å². The number of hydrazone groups is 1. The highest BCUT2D eigenvalue weighted by molar-refractivity contribution is 7.22. The molecule has 1 heterocycles.